The zero-order valence-electron chi connectivity index (χ0n) is 16.2. The third-order valence-electron chi connectivity index (χ3n) is 5.33. The number of alkyl halides is 1. The minimum Gasteiger partial charge on any atom is -0.437 e. The van der Waals surface area contributed by atoms with Crippen molar-refractivity contribution in [2.24, 2.45) is 5.73 Å². The van der Waals surface area contributed by atoms with E-state index in [0.717, 1.165) is 16.3 Å². The molecule has 0 saturated carbocycles. The van der Waals surface area contributed by atoms with Gasteiger partial charge in [-0.2, -0.15) is 0 Å². The lowest BCUT2D eigenvalue weighted by Crippen LogP contribution is -2.31. The standard InChI is InChI=1S/C22H21FN4O2S/c23-22(9-13-28-14-10-22)19-20(26-12-11-25-19)29-16-7-5-15(6-8-16)27-17-3-1-2-4-18(17)30-21(27)24/h1-8,11-12,21H,9-10,13-14,24H2. The monoisotopic (exact) mass is 424 g/mol. The Kier molecular flexibility index (Phi) is 5.06. The molecule has 2 N–H and O–H groups in total. The van der Waals surface area contributed by atoms with Crippen molar-refractivity contribution in [3.8, 4) is 11.6 Å². The number of hydrogen-bond acceptors (Lipinski definition) is 7. The van der Waals surface area contributed by atoms with Crippen LogP contribution in [-0.4, -0.2) is 28.7 Å². The van der Waals surface area contributed by atoms with Gasteiger partial charge in [0.25, 0.3) is 0 Å². The first kappa shape index (κ1) is 19.3. The van der Waals surface area contributed by atoms with Gasteiger partial charge in [-0.1, -0.05) is 23.9 Å². The van der Waals surface area contributed by atoms with Crippen LogP contribution in [0.25, 0.3) is 0 Å². The van der Waals surface area contributed by atoms with Gasteiger partial charge in [-0.15, -0.1) is 0 Å². The van der Waals surface area contributed by atoms with Gasteiger partial charge in [0.05, 0.1) is 18.9 Å². The number of para-hydroxylation sites is 1. The summed E-state index contributed by atoms with van der Waals surface area (Å²) in [5, 5.41) is 0. The highest BCUT2D eigenvalue weighted by molar-refractivity contribution is 8.00. The van der Waals surface area contributed by atoms with Gasteiger partial charge in [0.15, 0.2) is 5.67 Å². The maximum atomic E-state index is 15.4. The summed E-state index contributed by atoms with van der Waals surface area (Å²) in [5.74, 6) is 0.748. The fourth-order valence-electron chi connectivity index (χ4n) is 3.79. The molecule has 30 heavy (non-hydrogen) atoms. The fourth-order valence-corrected chi connectivity index (χ4v) is 4.83. The fraction of sp³-hybridized carbons (Fsp3) is 0.273. The zero-order chi connectivity index (χ0) is 20.6. The molecule has 154 valence electrons. The Morgan fingerprint density at radius 3 is 2.60 bits per heavy atom. The first-order valence-electron chi connectivity index (χ1n) is 9.81. The van der Waals surface area contributed by atoms with E-state index in [0.29, 0.717) is 19.0 Å². The van der Waals surface area contributed by atoms with Crippen molar-refractivity contribution < 1.29 is 13.9 Å². The van der Waals surface area contributed by atoms with Crippen LogP contribution < -0.4 is 15.4 Å². The smallest absolute Gasteiger partial charge is 0.244 e. The predicted molar refractivity (Wildman–Crippen MR) is 114 cm³/mol. The molecule has 8 heteroatoms. The van der Waals surface area contributed by atoms with Crippen molar-refractivity contribution in [2.45, 2.75) is 28.9 Å². The third-order valence-corrected chi connectivity index (χ3v) is 6.38. The number of ether oxygens (including phenoxy) is 2. The summed E-state index contributed by atoms with van der Waals surface area (Å²) in [4.78, 5) is 11.7. The molecule has 2 aliphatic rings. The molecule has 5 rings (SSSR count). The van der Waals surface area contributed by atoms with E-state index in [1.54, 1.807) is 11.8 Å². The molecule has 0 amide bonds. The molecule has 6 nitrogen and oxygen atoms in total. The van der Waals surface area contributed by atoms with Crippen molar-refractivity contribution in [1.29, 1.82) is 0 Å². The lowest BCUT2D eigenvalue weighted by Gasteiger charge is -2.29. The van der Waals surface area contributed by atoms with Gasteiger partial charge in [-0.3, -0.25) is 4.98 Å². The predicted octanol–water partition coefficient (Wildman–Crippen LogP) is 4.73. The highest BCUT2D eigenvalue weighted by Gasteiger charge is 2.39. The van der Waals surface area contributed by atoms with Gasteiger partial charge >= 0.3 is 0 Å². The van der Waals surface area contributed by atoms with Gasteiger partial charge in [0.2, 0.25) is 5.88 Å². The van der Waals surface area contributed by atoms with Crippen molar-refractivity contribution >= 4 is 23.1 Å². The average Bonchev–Trinajstić information content (AvgIpc) is 3.11. The molecule has 1 aromatic heterocycles. The Morgan fingerprint density at radius 2 is 1.80 bits per heavy atom. The van der Waals surface area contributed by atoms with Crippen molar-refractivity contribution in [3.63, 3.8) is 0 Å². The van der Waals surface area contributed by atoms with Crippen LogP contribution in [-0.2, 0) is 10.4 Å². The summed E-state index contributed by atoms with van der Waals surface area (Å²) in [6.45, 7) is 0.716. The van der Waals surface area contributed by atoms with Crippen LogP contribution in [0.1, 0.15) is 18.5 Å². The van der Waals surface area contributed by atoms with E-state index >= 15 is 4.39 Å². The average molecular weight is 425 g/mol. The van der Waals surface area contributed by atoms with Crippen LogP contribution in [0.4, 0.5) is 15.8 Å². The highest BCUT2D eigenvalue weighted by atomic mass is 32.2. The Balaban J connectivity index is 1.39. The molecule has 0 bridgehead atoms. The second-order valence-corrected chi connectivity index (χ2v) is 8.39. The lowest BCUT2D eigenvalue weighted by molar-refractivity contribution is -0.0151. The first-order chi connectivity index (χ1) is 14.6. The minimum atomic E-state index is -1.59. The summed E-state index contributed by atoms with van der Waals surface area (Å²) in [6.07, 6.45) is 3.48. The molecule has 2 aliphatic heterocycles. The normalized spacial score (nSPS) is 20.1. The molecule has 1 unspecified atom stereocenters. The topological polar surface area (TPSA) is 73.5 Å². The summed E-state index contributed by atoms with van der Waals surface area (Å²) in [5.41, 5.74) is 6.81. The number of thioether (sulfide) groups is 1. The molecule has 2 aromatic carbocycles. The number of halogens is 1. The SMILES string of the molecule is NC1Sc2ccccc2N1c1ccc(Oc2nccnc2C2(F)CCOCC2)cc1. The number of anilines is 2. The summed E-state index contributed by atoms with van der Waals surface area (Å²) >= 11 is 1.62. The van der Waals surface area contributed by atoms with Crippen LogP contribution in [0.2, 0.25) is 0 Å². The van der Waals surface area contributed by atoms with Gasteiger partial charge < -0.3 is 20.1 Å². The van der Waals surface area contributed by atoms with E-state index in [2.05, 4.69) is 27.0 Å². The van der Waals surface area contributed by atoms with E-state index < -0.39 is 5.67 Å². The molecule has 1 atom stereocenters. The molecule has 1 saturated heterocycles. The van der Waals surface area contributed by atoms with Crippen molar-refractivity contribution in [3.05, 3.63) is 66.6 Å². The maximum Gasteiger partial charge on any atom is 0.244 e. The number of nitrogens with two attached hydrogens (primary N) is 1. The third kappa shape index (κ3) is 3.51. The number of rotatable bonds is 4. The Bertz CT molecular complexity index is 1040. The molecule has 3 aromatic rings. The highest BCUT2D eigenvalue weighted by Crippen LogP contribution is 2.46. The number of hydrogen-bond donors (Lipinski definition) is 1. The van der Waals surface area contributed by atoms with E-state index in [-0.39, 0.29) is 29.9 Å². The molecular weight excluding hydrogens is 403 g/mol. The zero-order valence-corrected chi connectivity index (χ0v) is 17.0. The van der Waals surface area contributed by atoms with Crippen molar-refractivity contribution in [2.75, 3.05) is 18.1 Å². The second kappa shape index (κ2) is 7.86. The summed E-state index contributed by atoms with van der Waals surface area (Å²) in [6, 6.07) is 15.7. The Labute approximate surface area is 178 Å². The van der Waals surface area contributed by atoms with E-state index in [1.165, 1.54) is 12.4 Å². The number of nitrogens with zero attached hydrogens (tertiary/aromatic N) is 3. The van der Waals surface area contributed by atoms with Crippen molar-refractivity contribution in [1.82, 2.24) is 9.97 Å². The van der Waals surface area contributed by atoms with E-state index in [9.17, 15) is 0 Å². The molecular formula is C22H21FN4O2S. The molecule has 0 spiro atoms. The van der Waals surface area contributed by atoms with Crippen LogP contribution >= 0.6 is 11.8 Å². The molecule has 1 fully saturated rings. The number of aromatic nitrogens is 2. The molecule has 0 radical (unpaired) electrons. The lowest BCUT2D eigenvalue weighted by atomic mass is 9.92. The molecule has 0 aliphatic carbocycles. The maximum absolute atomic E-state index is 15.4. The largest absolute Gasteiger partial charge is 0.437 e. The van der Waals surface area contributed by atoms with Gasteiger partial charge in [-0.25, -0.2) is 9.37 Å². The van der Waals surface area contributed by atoms with Crippen LogP contribution in [0.5, 0.6) is 11.6 Å². The van der Waals surface area contributed by atoms with Crippen LogP contribution in [0.15, 0.2) is 65.8 Å². The van der Waals surface area contributed by atoms with Gasteiger partial charge in [0, 0.05) is 35.8 Å². The molecule has 3 heterocycles. The van der Waals surface area contributed by atoms with E-state index in [1.807, 2.05) is 36.4 Å². The van der Waals surface area contributed by atoms with E-state index in [4.69, 9.17) is 15.2 Å². The minimum absolute atomic E-state index is 0.188. The summed E-state index contributed by atoms with van der Waals surface area (Å²) in [7, 11) is 0. The quantitative estimate of drug-likeness (QED) is 0.649. The first-order valence-corrected chi connectivity index (χ1v) is 10.7. The Hall–Kier alpha value is -2.68. The second-order valence-electron chi connectivity index (χ2n) is 7.23. The number of benzene rings is 2. The summed E-state index contributed by atoms with van der Waals surface area (Å²) < 4.78 is 26.7. The van der Waals surface area contributed by atoms with Crippen LogP contribution in [0.3, 0.4) is 0 Å². The van der Waals surface area contributed by atoms with Gasteiger partial charge in [-0.05, 0) is 36.4 Å². The van der Waals surface area contributed by atoms with Gasteiger partial charge in [0.1, 0.15) is 16.9 Å². The Morgan fingerprint density at radius 1 is 1.07 bits per heavy atom. The number of fused-ring (bicyclic) bond motifs is 1. The van der Waals surface area contributed by atoms with Crippen LogP contribution in [0, 0.1) is 0 Å².